The molecule has 2 unspecified atom stereocenters. The van der Waals surface area contributed by atoms with Gasteiger partial charge in [-0.2, -0.15) is 0 Å². The van der Waals surface area contributed by atoms with Gasteiger partial charge in [-0.1, -0.05) is 283 Å². The predicted octanol–water partition coefficient (Wildman–Crippen LogP) is 18.5. The Morgan fingerprint density at radius 2 is 0.712 bits per heavy atom. The first-order chi connectivity index (χ1) is 32.5. The molecule has 0 aliphatic rings. The number of carbonyl (C=O) groups excluding carboxylic acids is 2. The van der Waals surface area contributed by atoms with Gasteiger partial charge in [-0.3, -0.25) is 9.59 Å². The number of unbranched alkanes of at least 4 members (excludes halogenated alkanes) is 43. The molecule has 0 spiro atoms. The fourth-order valence-electron chi connectivity index (χ4n) is 9.46. The highest BCUT2D eigenvalue weighted by Gasteiger charge is 2.20. The summed E-state index contributed by atoms with van der Waals surface area (Å²) in [6.45, 7) is 4.94. The van der Waals surface area contributed by atoms with E-state index in [0.29, 0.717) is 25.9 Å². The minimum atomic E-state index is -0.661. The Morgan fingerprint density at radius 1 is 0.409 bits per heavy atom. The maximum Gasteiger partial charge on any atom is 0.305 e. The monoisotopic (exact) mass is 932 g/mol. The van der Waals surface area contributed by atoms with Crippen LogP contribution in [0.5, 0.6) is 0 Å². The summed E-state index contributed by atoms with van der Waals surface area (Å²) in [5.41, 5.74) is 0. The summed E-state index contributed by atoms with van der Waals surface area (Å²) in [7, 11) is 0. The number of carbonyl (C=O) groups is 2. The third kappa shape index (κ3) is 52.0. The molecular weight excluding hydrogens is 815 g/mol. The number of aliphatic hydroxyl groups excluding tert-OH is 2. The van der Waals surface area contributed by atoms with Crippen LogP contribution in [0.3, 0.4) is 0 Å². The van der Waals surface area contributed by atoms with Crippen molar-refractivity contribution in [1.29, 1.82) is 0 Å². The molecule has 0 saturated heterocycles. The number of allylic oxidation sites excluding steroid dienone is 2. The smallest absolute Gasteiger partial charge is 0.305 e. The zero-order valence-electron chi connectivity index (χ0n) is 44.7. The van der Waals surface area contributed by atoms with Crippen LogP contribution in [0.15, 0.2) is 12.2 Å². The van der Waals surface area contributed by atoms with Gasteiger partial charge >= 0.3 is 5.97 Å². The molecule has 0 radical (unpaired) electrons. The van der Waals surface area contributed by atoms with Gasteiger partial charge in [-0.15, -0.1) is 0 Å². The van der Waals surface area contributed by atoms with Crippen molar-refractivity contribution in [2.75, 3.05) is 13.2 Å². The molecule has 2 atom stereocenters. The number of esters is 1. The van der Waals surface area contributed by atoms with E-state index in [0.717, 1.165) is 44.9 Å². The van der Waals surface area contributed by atoms with E-state index < -0.39 is 12.1 Å². The minimum Gasteiger partial charge on any atom is -0.466 e. The second kappa shape index (κ2) is 56.2. The van der Waals surface area contributed by atoms with Crippen molar-refractivity contribution in [1.82, 2.24) is 5.32 Å². The zero-order valence-corrected chi connectivity index (χ0v) is 44.7. The molecule has 0 aromatic rings. The second-order valence-electron chi connectivity index (χ2n) is 20.7. The number of hydrogen-bond acceptors (Lipinski definition) is 5. The van der Waals surface area contributed by atoms with Gasteiger partial charge in [-0.05, 0) is 51.4 Å². The number of ether oxygens (including phenoxy) is 1. The molecule has 0 rings (SSSR count). The topological polar surface area (TPSA) is 95.9 Å². The summed E-state index contributed by atoms with van der Waals surface area (Å²) in [6, 6.07) is -0.538. The molecular formula is C60H117NO5. The van der Waals surface area contributed by atoms with Gasteiger partial charge < -0.3 is 20.3 Å². The lowest BCUT2D eigenvalue weighted by atomic mass is 10.0. The van der Waals surface area contributed by atoms with Crippen LogP contribution in [-0.4, -0.2) is 47.4 Å². The predicted molar refractivity (Wildman–Crippen MR) is 287 cm³/mol. The van der Waals surface area contributed by atoms with Crippen LogP contribution >= 0.6 is 0 Å². The average Bonchev–Trinajstić information content (AvgIpc) is 3.32. The Balaban J connectivity index is 3.34. The van der Waals surface area contributed by atoms with Crippen LogP contribution < -0.4 is 5.32 Å². The maximum atomic E-state index is 12.5. The Labute approximate surface area is 412 Å². The van der Waals surface area contributed by atoms with E-state index in [1.807, 2.05) is 0 Å². The highest BCUT2D eigenvalue weighted by Crippen LogP contribution is 2.18. The van der Waals surface area contributed by atoms with Crippen molar-refractivity contribution in [3.63, 3.8) is 0 Å². The average molecular weight is 933 g/mol. The van der Waals surface area contributed by atoms with Crippen LogP contribution in [0.4, 0.5) is 0 Å². The summed E-state index contributed by atoms with van der Waals surface area (Å²) < 4.78 is 5.47. The van der Waals surface area contributed by atoms with E-state index in [-0.39, 0.29) is 18.5 Å². The molecule has 0 aliphatic carbocycles. The Hall–Kier alpha value is -1.40. The van der Waals surface area contributed by atoms with Gasteiger partial charge in [0.2, 0.25) is 5.91 Å². The molecule has 3 N–H and O–H groups in total. The molecule has 0 heterocycles. The quantitative estimate of drug-likeness (QED) is 0.0321. The van der Waals surface area contributed by atoms with Crippen molar-refractivity contribution in [2.45, 2.75) is 347 Å². The van der Waals surface area contributed by atoms with E-state index in [9.17, 15) is 19.8 Å². The van der Waals surface area contributed by atoms with Crippen molar-refractivity contribution < 1.29 is 24.5 Å². The third-order valence-electron chi connectivity index (χ3n) is 14.1. The molecule has 0 aromatic heterocycles. The van der Waals surface area contributed by atoms with Crippen molar-refractivity contribution >= 4 is 11.9 Å². The van der Waals surface area contributed by atoms with E-state index in [2.05, 4.69) is 31.3 Å². The summed E-state index contributed by atoms with van der Waals surface area (Å²) in [5, 5.41) is 23.2. The standard InChI is InChI=1S/C60H117NO5/c1-3-5-7-9-11-13-15-32-36-40-44-48-52-58(63)57(56-62)61-59(64)53-49-45-41-37-33-30-28-26-24-22-20-18-17-19-21-23-25-27-29-31-35-39-43-47-51-55-66-60(65)54-50-46-42-38-34-16-14-12-10-8-6-4-2/h12,14,57-58,62-63H,3-11,13,15-56H2,1-2H3,(H,61,64)/b14-12-. The molecule has 0 fully saturated rings. The van der Waals surface area contributed by atoms with Crippen LogP contribution in [0.1, 0.15) is 335 Å². The highest BCUT2D eigenvalue weighted by atomic mass is 16.5. The van der Waals surface area contributed by atoms with E-state index in [1.165, 1.54) is 257 Å². The van der Waals surface area contributed by atoms with Crippen LogP contribution in [0.2, 0.25) is 0 Å². The zero-order chi connectivity index (χ0) is 47.9. The van der Waals surface area contributed by atoms with Gasteiger partial charge in [-0.25, -0.2) is 0 Å². The lowest BCUT2D eigenvalue weighted by Crippen LogP contribution is -2.45. The van der Waals surface area contributed by atoms with Crippen molar-refractivity contribution in [3.05, 3.63) is 12.2 Å². The van der Waals surface area contributed by atoms with E-state index in [1.54, 1.807) is 0 Å². The molecule has 0 bridgehead atoms. The normalized spacial score (nSPS) is 12.6. The highest BCUT2D eigenvalue weighted by molar-refractivity contribution is 5.76. The summed E-state index contributed by atoms with van der Waals surface area (Å²) in [6.07, 6.45) is 66.5. The summed E-state index contributed by atoms with van der Waals surface area (Å²) in [5.74, 6) is -0.0257. The third-order valence-corrected chi connectivity index (χ3v) is 14.1. The number of rotatable bonds is 56. The fraction of sp³-hybridized carbons (Fsp3) is 0.933. The molecule has 0 saturated carbocycles. The Kier molecular flexibility index (Phi) is 55.0. The number of hydrogen-bond donors (Lipinski definition) is 3. The SMILES string of the molecule is CCCCC/C=C\CCCCCCCC(=O)OCCCCCCCCCCCCCCCCCCCCCCCCCCCC(=O)NC(CO)C(O)CCCCCCCCCCCCCC. The van der Waals surface area contributed by atoms with Crippen LogP contribution in [0, 0.1) is 0 Å². The second-order valence-corrected chi connectivity index (χ2v) is 20.7. The lowest BCUT2D eigenvalue weighted by molar-refractivity contribution is -0.143. The molecule has 0 aromatic carbocycles. The van der Waals surface area contributed by atoms with Gasteiger partial charge in [0.05, 0.1) is 25.4 Å². The molecule has 392 valence electrons. The number of nitrogens with one attached hydrogen (secondary N) is 1. The van der Waals surface area contributed by atoms with Crippen LogP contribution in [-0.2, 0) is 14.3 Å². The fourth-order valence-corrected chi connectivity index (χ4v) is 9.46. The van der Waals surface area contributed by atoms with Crippen molar-refractivity contribution in [3.8, 4) is 0 Å². The first-order valence-electron chi connectivity index (χ1n) is 29.9. The minimum absolute atomic E-state index is 0.00663. The van der Waals surface area contributed by atoms with Crippen molar-refractivity contribution in [2.24, 2.45) is 0 Å². The van der Waals surface area contributed by atoms with Gasteiger partial charge in [0.15, 0.2) is 0 Å². The van der Waals surface area contributed by atoms with E-state index in [4.69, 9.17) is 4.74 Å². The number of aliphatic hydroxyl groups is 2. The first kappa shape index (κ1) is 64.6. The Morgan fingerprint density at radius 3 is 1.11 bits per heavy atom. The van der Waals surface area contributed by atoms with Crippen LogP contribution in [0.25, 0.3) is 0 Å². The van der Waals surface area contributed by atoms with Gasteiger partial charge in [0, 0.05) is 12.8 Å². The van der Waals surface area contributed by atoms with E-state index >= 15 is 0 Å². The molecule has 1 amide bonds. The summed E-state index contributed by atoms with van der Waals surface area (Å²) >= 11 is 0. The van der Waals surface area contributed by atoms with Gasteiger partial charge in [0.1, 0.15) is 0 Å². The first-order valence-corrected chi connectivity index (χ1v) is 29.9. The maximum absolute atomic E-state index is 12.5. The molecule has 0 aliphatic heterocycles. The van der Waals surface area contributed by atoms with Gasteiger partial charge in [0.25, 0.3) is 0 Å². The summed E-state index contributed by atoms with van der Waals surface area (Å²) in [4.78, 5) is 24.5. The molecule has 6 heteroatoms. The molecule has 6 nitrogen and oxygen atoms in total. The largest absolute Gasteiger partial charge is 0.466 e. The lowest BCUT2D eigenvalue weighted by Gasteiger charge is -2.22. The number of amides is 1. The Bertz CT molecular complexity index is 986. The molecule has 66 heavy (non-hydrogen) atoms.